The van der Waals surface area contributed by atoms with Crippen LogP contribution in [-0.2, 0) is 10.0 Å². The molecule has 1 heterocycles. The first-order valence-corrected chi connectivity index (χ1v) is 7.09. The molecule has 0 aliphatic rings. The summed E-state index contributed by atoms with van der Waals surface area (Å²) in [6.45, 7) is 0. The lowest BCUT2D eigenvalue weighted by Crippen LogP contribution is -2.15. The molecule has 2 rings (SSSR count). The highest BCUT2D eigenvalue weighted by Crippen LogP contribution is 2.15. The molecule has 20 heavy (non-hydrogen) atoms. The number of hydrogen-bond donors (Lipinski definition) is 2. The van der Waals surface area contributed by atoms with Crippen LogP contribution >= 0.6 is 11.6 Å². The third kappa shape index (κ3) is 3.22. The van der Waals surface area contributed by atoms with Crippen molar-refractivity contribution in [2.45, 2.75) is 4.90 Å². The molecule has 0 radical (unpaired) electrons. The van der Waals surface area contributed by atoms with Crippen LogP contribution in [0.3, 0.4) is 0 Å². The molecular weight excluding hydrogens is 306 g/mol. The molecule has 0 aliphatic heterocycles. The van der Waals surface area contributed by atoms with E-state index in [4.69, 9.17) is 16.7 Å². The molecule has 0 bridgehead atoms. The summed E-state index contributed by atoms with van der Waals surface area (Å²) in [6, 6.07) is 6.14. The minimum absolute atomic E-state index is 0.0112. The third-order valence-electron chi connectivity index (χ3n) is 2.26. The van der Waals surface area contributed by atoms with E-state index in [0.717, 1.165) is 0 Å². The topological polar surface area (TPSA) is 109 Å². The van der Waals surface area contributed by atoms with Crippen molar-refractivity contribution in [1.29, 1.82) is 0 Å². The predicted molar refractivity (Wildman–Crippen MR) is 71.3 cm³/mol. The molecular formula is C11H8ClN3O4S. The van der Waals surface area contributed by atoms with Crippen LogP contribution in [0.15, 0.2) is 41.4 Å². The van der Waals surface area contributed by atoms with Gasteiger partial charge in [-0.15, -0.1) is 0 Å². The molecule has 1 aromatic carbocycles. The van der Waals surface area contributed by atoms with E-state index in [1.165, 1.54) is 36.5 Å². The van der Waals surface area contributed by atoms with Crippen molar-refractivity contribution in [3.8, 4) is 0 Å². The first-order chi connectivity index (χ1) is 9.38. The molecule has 0 atom stereocenters. The van der Waals surface area contributed by atoms with Gasteiger partial charge < -0.3 is 5.11 Å². The molecule has 2 N–H and O–H groups in total. The number of hydrogen-bond acceptors (Lipinski definition) is 5. The number of aromatic nitrogens is 2. The van der Waals surface area contributed by atoms with Gasteiger partial charge in [-0.05, 0) is 30.3 Å². The Kier molecular flexibility index (Phi) is 3.86. The van der Waals surface area contributed by atoms with Gasteiger partial charge in [0.15, 0.2) is 0 Å². The summed E-state index contributed by atoms with van der Waals surface area (Å²) in [5.74, 6) is -1.31. The summed E-state index contributed by atoms with van der Waals surface area (Å²) in [5.41, 5.74) is -0.0112. The van der Waals surface area contributed by atoms with Crippen LogP contribution in [0.25, 0.3) is 0 Å². The van der Waals surface area contributed by atoms with E-state index < -0.39 is 16.0 Å². The molecule has 0 amide bonds. The maximum atomic E-state index is 12.0. The lowest BCUT2D eigenvalue weighted by Gasteiger charge is -2.06. The molecule has 0 saturated heterocycles. The Morgan fingerprint density at radius 1 is 1.20 bits per heavy atom. The number of carboxylic acid groups (broad SMARTS) is 1. The Morgan fingerprint density at radius 2 is 1.85 bits per heavy atom. The van der Waals surface area contributed by atoms with E-state index in [2.05, 4.69) is 14.7 Å². The van der Waals surface area contributed by atoms with E-state index in [0.29, 0.717) is 0 Å². The van der Waals surface area contributed by atoms with Gasteiger partial charge in [-0.2, -0.15) is 0 Å². The summed E-state index contributed by atoms with van der Waals surface area (Å²) in [6.07, 6.45) is 1.31. The van der Waals surface area contributed by atoms with Crippen molar-refractivity contribution in [2.75, 3.05) is 4.72 Å². The van der Waals surface area contributed by atoms with Gasteiger partial charge in [0.25, 0.3) is 10.0 Å². The van der Waals surface area contributed by atoms with Crippen molar-refractivity contribution in [2.24, 2.45) is 0 Å². The Hall–Kier alpha value is -2.19. The molecule has 0 saturated carbocycles. The van der Waals surface area contributed by atoms with Gasteiger partial charge in [-0.25, -0.2) is 27.9 Å². The van der Waals surface area contributed by atoms with Gasteiger partial charge in [-0.3, -0.25) is 0 Å². The van der Waals surface area contributed by atoms with Crippen molar-refractivity contribution >= 4 is 33.5 Å². The van der Waals surface area contributed by atoms with Gasteiger partial charge in [0, 0.05) is 6.20 Å². The monoisotopic (exact) mass is 313 g/mol. The lowest BCUT2D eigenvalue weighted by atomic mass is 10.2. The van der Waals surface area contributed by atoms with E-state index in [9.17, 15) is 13.2 Å². The number of carbonyl (C=O) groups is 1. The van der Waals surface area contributed by atoms with Crippen LogP contribution in [-0.4, -0.2) is 29.5 Å². The highest BCUT2D eigenvalue weighted by Gasteiger charge is 2.16. The van der Waals surface area contributed by atoms with Gasteiger partial charge in [0.05, 0.1) is 10.5 Å². The van der Waals surface area contributed by atoms with E-state index >= 15 is 0 Å². The van der Waals surface area contributed by atoms with Crippen molar-refractivity contribution in [3.05, 3.63) is 47.2 Å². The number of benzene rings is 1. The number of carboxylic acids is 1. The van der Waals surface area contributed by atoms with E-state index in [1.54, 1.807) is 0 Å². The average molecular weight is 314 g/mol. The number of rotatable bonds is 4. The van der Waals surface area contributed by atoms with Crippen molar-refractivity contribution in [1.82, 2.24) is 9.97 Å². The second-order valence-electron chi connectivity index (χ2n) is 3.64. The number of nitrogens with zero attached hydrogens (tertiary/aromatic N) is 2. The Bertz CT molecular complexity index is 747. The number of sulfonamides is 1. The SMILES string of the molecule is O=C(O)c1ccc(S(=O)(=O)Nc2nccc(Cl)n2)cc1. The van der Waals surface area contributed by atoms with Crippen molar-refractivity contribution in [3.63, 3.8) is 0 Å². The minimum atomic E-state index is -3.90. The Balaban J connectivity index is 2.28. The summed E-state index contributed by atoms with van der Waals surface area (Å²) >= 11 is 5.62. The molecule has 0 spiro atoms. The maximum absolute atomic E-state index is 12.0. The normalized spacial score (nSPS) is 11.1. The molecule has 7 nitrogen and oxygen atoms in total. The molecule has 0 fully saturated rings. The molecule has 104 valence electrons. The van der Waals surface area contributed by atoms with Crippen molar-refractivity contribution < 1.29 is 18.3 Å². The van der Waals surface area contributed by atoms with E-state index in [1.807, 2.05) is 0 Å². The summed E-state index contributed by atoms with van der Waals surface area (Å²) < 4.78 is 26.2. The highest BCUT2D eigenvalue weighted by atomic mass is 35.5. The number of anilines is 1. The molecule has 1 aromatic heterocycles. The van der Waals surface area contributed by atoms with Gasteiger partial charge in [-0.1, -0.05) is 11.6 Å². The highest BCUT2D eigenvalue weighted by molar-refractivity contribution is 7.92. The second kappa shape index (κ2) is 5.43. The fourth-order valence-corrected chi connectivity index (χ4v) is 2.43. The maximum Gasteiger partial charge on any atom is 0.335 e. The van der Waals surface area contributed by atoms with Crippen LogP contribution < -0.4 is 4.72 Å². The van der Waals surface area contributed by atoms with Gasteiger partial charge in [0.2, 0.25) is 5.95 Å². The van der Waals surface area contributed by atoms with Gasteiger partial charge in [0.1, 0.15) is 5.15 Å². The smallest absolute Gasteiger partial charge is 0.335 e. The first-order valence-electron chi connectivity index (χ1n) is 5.23. The van der Waals surface area contributed by atoms with Crippen LogP contribution in [0.2, 0.25) is 5.15 Å². The number of nitrogens with one attached hydrogen (secondary N) is 1. The first kappa shape index (κ1) is 14.2. The lowest BCUT2D eigenvalue weighted by molar-refractivity contribution is 0.0697. The summed E-state index contributed by atoms with van der Waals surface area (Å²) in [5, 5.41) is 8.84. The van der Waals surface area contributed by atoms with E-state index in [-0.39, 0.29) is 21.6 Å². The zero-order valence-electron chi connectivity index (χ0n) is 9.82. The number of halogens is 1. The number of aromatic carboxylic acids is 1. The molecule has 0 aliphatic carbocycles. The van der Waals surface area contributed by atoms with Crippen LogP contribution in [0, 0.1) is 0 Å². The minimum Gasteiger partial charge on any atom is -0.478 e. The summed E-state index contributed by atoms with van der Waals surface area (Å²) in [7, 11) is -3.90. The quantitative estimate of drug-likeness (QED) is 0.830. The zero-order valence-corrected chi connectivity index (χ0v) is 11.4. The average Bonchev–Trinajstić information content (AvgIpc) is 2.38. The van der Waals surface area contributed by atoms with Crippen LogP contribution in [0.4, 0.5) is 5.95 Å². The fourth-order valence-electron chi connectivity index (χ4n) is 1.34. The second-order valence-corrected chi connectivity index (χ2v) is 5.71. The Morgan fingerprint density at radius 3 is 2.40 bits per heavy atom. The largest absolute Gasteiger partial charge is 0.478 e. The van der Waals surface area contributed by atoms with Crippen LogP contribution in [0.1, 0.15) is 10.4 Å². The van der Waals surface area contributed by atoms with Gasteiger partial charge >= 0.3 is 5.97 Å². The zero-order chi connectivity index (χ0) is 14.8. The molecule has 9 heteroatoms. The fraction of sp³-hybridized carbons (Fsp3) is 0. The Labute approximate surface area is 119 Å². The molecule has 2 aromatic rings. The molecule has 0 unspecified atom stereocenters. The predicted octanol–water partition coefficient (Wildman–Crippen LogP) is 1.63. The standard InChI is InChI=1S/C11H8ClN3O4S/c12-9-5-6-13-11(14-9)15-20(18,19)8-3-1-7(2-4-8)10(16)17/h1-6H,(H,16,17)(H,13,14,15). The third-order valence-corrected chi connectivity index (χ3v) is 3.81. The summed E-state index contributed by atoms with van der Waals surface area (Å²) in [4.78, 5) is 18.0. The van der Waals surface area contributed by atoms with Crippen LogP contribution in [0.5, 0.6) is 0 Å².